The second kappa shape index (κ2) is 6.29. The van der Waals surface area contributed by atoms with Gasteiger partial charge in [-0.2, -0.15) is 0 Å². The van der Waals surface area contributed by atoms with Gasteiger partial charge < -0.3 is 15.2 Å². The van der Waals surface area contributed by atoms with Crippen LogP contribution in [0, 0.1) is 12.3 Å². The quantitative estimate of drug-likeness (QED) is 0.814. The van der Waals surface area contributed by atoms with Crippen LogP contribution in [0.25, 0.3) is 0 Å². The highest BCUT2D eigenvalue weighted by molar-refractivity contribution is 5.91. The number of aliphatic hydroxyl groups excluding tert-OH is 1. The Labute approximate surface area is 132 Å². The predicted octanol–water partition coefficient (Wildman–Crippen LogP) is 2.56. The molecular formula is C18H27NO3. The Kier molecular flexibility index (Phi) is 4.81. The number of nitrogens with one attached hydrogen (secondary N) is 1. The lowest BCUT2D eigenvalue weighted by Gasteiger charge is -2.26. The molecule has 1 aliphatic carbocycles. The lowest BCUT2D eigenvalue weighted by Crippen LogP contribution is -2.40. The Morgan fingerprint density at radius 1 is 1.41 bits per heavy atom. The van der Waals surface area contributed by atoms with Gasteiger partial charge in [0.2, 0.25) is 5.91 Å². The average molecular weight is 305 g/mol. The molecule has 0 bridgehead atoms. The second-order valence-electron chi connectivity index (χ2n) is 7.09. The van der Waals surface area contributed by atoms with E-state index in [0.717, 1.165) is 29.7 Å². The summed E-state index contributed by atoms with van der Waals surface area (Å²) in [6.45, 7) is 6.83. The Bertz CT molecular complexity index is 547. The second-order valence-corrected chi connectivity index (χ2v) is 7.09. The van der Waals surface area contributed by atoms with Gasteiger partial charge in [-0.05, 0) is 48.8 Å². The zero-order chi connectivity index (χ0) is 16.4. The van der Waals surface area contributed by atoms with Gasteiger partial charge in [0.1, 0.15) is 5.75 Å². The maximum atomic E-state index is 12.6. The number of rotatable bonds is 7. The predicted molar refractivity (Wildman–Crippen MR) is 87.1 cm³/mol. The van der Waals surface area contributed by atoms with E-state index in [-0.39, 0.29) is 17.9 Å². The van der Waals surface area contributed by atoms with Gasteiger partial charge in [0, 0.05) is 13.2 Å². The molecule has 1 aliphatic rings. The molecule has 0 aliphatic heterocycles. The number of aliphatic hydroxyl groups is 1. The normalized spacial score (nSPS) is 16.2. The number of amides is 1. The fourth-order valence-electron chi connectivity index (χ4n) is 2.77. The van der Waals surface area contributed by atoms with Crippen LogP contribution in [-0.4, -0.2) is 31.3 Å². The van der Waals surface area contributed by atoms with Crippen LogP contribution in [0.15, 0.2) is 18.2 Å². The number of methoxy groups -OCH3 is 1. The van der Waals surface area contributed by atoms with Crippen LogP contribution in [0.5, 0.6) is 5.75 Å². The summed E-state index contributed by atoms with van der Waals surface area (Å²) in [5.74, 6) is 0.918. The minimum atomic E-state index is -0.393. The molecule has 1 aromatic rings. The van der Waals surface area contributed by atoms with Crippen molar-refractivity contribution in [1.29, 1.82) is 0 Å². The van der Waals surface area contributed by atoms with Crippen LogP contribution in [0.2, 0.25) is 0 Å². The Morgan fingerprint density at radius 2 is 2.09 bits per heavy atom. The van der Waals surface area contributed by atoms with Gasteiger partial charge in [-0.25, -0.2) is 0 Å². The summed E-state index contributed by atoms with van der Waals surface area (Å²) < 4.78 is 5.37. The van der Waals surface area contributed by atoms with Crippen molar-refractivity contribution in [3.63, 3.8) is 0 Å². The largest absolute Gasteiger partial charge is 0.496 e. The Balaban J connectivity index is 2.09. The van der Waals surface area contributed by atoms with Crippen LogP contribution < -0.4 is 10.1 Å². The molecule has 0 saturated heterocycles. The van der Waals surface area contributed by atoms with Crippen LogP contribution in [0.1, 0.15) is 44.2 Å². The topological polar surface area (TPSA) is 58.6 Å². The molecule has 2 N–H and O–H groups in total. The molecule has 0 spiro atoms. The van der Waals surface area contributed by atoms with E-state index >= 15 is 0 Å². The van der Waals surface area contributed by atoms with Crippen LogP contribution >= 0.6 is 0 Å². The fraction of sp³-hybridized carbons (Fsp3) is 0.611. The third kappa shape index (κ3) is 3.43. The number of benzene rings is 1. The Hall–Kier alpha value is -1.55. The molecule has 4 heteroatoms. The van der Waals surface area contributed by atoms with Crippen molar-refractivity contribution < 1.29 is 14.6 Å². The number of carbonyl (C=O) groups excluding carboxylic acids is 1. The highest BCUT2D eigenvalue weighted by Crippen LogP contribution is 2.49. The van der Waals surface area contributed by atoms with Gasteiger partial charge in [-0.1, -0.05) is 26.0 Å². The van der Waals surface area contributed by atoms with Crippen molar-refractivity contribution in [2.24, 2.45) is 5.41 Å². The van der Waals surface area contributed by atoms with Crippen LogP contribution in [-0.2, 0) is 10.2 Å². The van der Waals surface area contributed by atoms with Gasteiger partial charge >= 0.3 is 0 Å². The standard InChI is InChI=1S/C18H27NO3/c1-13-5-6-14(11-15(13)22-4)18(7-8-18)16(21)19-12-17(2,3)9-10-20/h5-6,11,20H,7-10,12H2,1-4H3,(H,19,21). The van der Waals surface area contributed by atoms with E-state index in [0.29, 0.717) is 13.0 Å². The van der Waals surface area contributed by atoms with Gasteiger partial charge in [-0.15, -0.1) is 0 Å². The van der Waals surface area contributed by atoms with Gasteiger partial charge in [0.05, 0.1) is 12.5 Å². The molecule has 22 heavy (non-hydrogen) atoms. The van der Waals surface area contributed by atoms with E-state index in [1.165, 1.54) is 0 Å². The highest BCUT2D eigenvalue weighted by Gasteiger charge is 2.51. The molecule has 2 rings (SSSR count). The summed E-state index contributed by atoms with van der Waals surface area (Å²) in [7, 11) is 1.66. The minimum Gasteiger partial charge on any atom is -0.496 e. The number of hydrogen-bond donors (Lipinski definition) is 2. The highest BCUT2D eigenvalue weighted by atomic mass is 16.5. The SMILES string of the molecule is COc1cc(C2(C(=O)NCC(C)(C)CCO)CC2)ccc1C. The van der Waals surface area contributed by atoms with E-state index in [4.69, 9.17) is 9.84 Å². The minimum absolute atomic E-state index is 0.0874. The summed E-state index contributed by atoms with van der Waals surface area (Å²) in [5.41, 5.74) is 1.63. The number of aryl methyl sites for hydroxylation is 1. The van der Waals surface area contributed by atoms with Gasteiger partial charge in [0.15, 0.2) is 0 Å². The van der Waals surface area contributed by atoms with E-state index in [1.807, 2.05) is 25.1 Å². The maximum absolute atomic E-state index is 12.6. The van der Waals surface area contributed by atoms with Crippen LogP contribution in [0.3, 0.4) is 0 Å². The smallest absolute Gasteiger partial charge is 0.230 e. The van der Waals surface area contributed by atoms with Crippen molar-refractivity contribution in [3.05, 3.63) is 29.3 Å². The zero-order valence-electron chi connectivity index (χ0n) is 14.0. The number of ether oxygens (including phenoxy) is 1. The molecule has 1 saturated carbocycles. The van der Waals surface area contributed by atoms with Crippen molar-refractivity contribution in [3.8, 4) is 5.75 Å². The molecule has 1 fully saturated rings. The van der Waals surface area contributed by atoms with Crippen LogP contribution in [0.4, 0.5) is 0 Å². The average Bonchev–Trinajstić information content (AvgIpc) is 3.27. The van der Waals surface area contributed by atoms with Crippen molar-refractivity contribution in [2.75, 3.05) is 20.3 Å². The molecule has 1 aromatic carbocycles. The third-order valence-corrected chi connectivity index (χ3v) is 4.66. The molecule has 0 unspecified atom stereocenters. The molecule has 0 heterocycles. The zero-order valence-corrected chi connectivity index (χ0v) is 14.0. The molecule has 0 aromatic heterocycles. The first-order valence-corrected chi connectivity index (χ1v) is 7.89. The third-order valence-electron chi connectivity index (χ3n) is 4.66. The van der Waals surface area contributed by atoms with Gasteiger partial charge in [0.25, 0.3) is 0 Å². The molecular weight excluding hydrogens is 278 g/mol. The Morgan fingerprint density at radius 3 is 2.64 bits per heavy atom. The first-order chi connectivity index (χ1) is 10.3. The van der Waals surface area contributed by atoms with Crippen molar-refractivity contribution >= 4 is 5.91 Å². The molecule has 0 atom stereocenters. The van der Waals surface area contributed by atoms with Crippen molar-refractivity contribution in [2.45, 2.75) is 45.4 Å². The molecule has 4 nitrogen and oxygen atoms in total. The van der Waals surface area contributed by atoms with Crippen molar-refractivity contribution in [1.82, 2.24) is 5.32 Å². The maximum Gasteiger partial charge on any atom is 0.230 e. The fourth-order valence-corrected chi connectivity index (χ4v) is 2.77. The van der Waals surface area contributed by atoms with E-state index in [1.54, 1.807) is 7.11 Å². The lowest BCUT2D eigenvalue weighted by molar-refractivity contribution is -0.124. The summed E-state index contributed by atoms with van der Waals surface area (Å²) in [6, 6.07) is 6.03. The van der Waals surface area contributed by atoms with Gasteiger partial charge in [-0.3, -0.25) is 4.79 Å². The summed E-state index contributed by atoms with van der Waals surface area (Å²) in [4.78, 5) is 12.6. The van der Waals surface area contributed by atoms with E-state index in [2.05, 4.69) is 19.2 Å². The van der Waals surface area contributed by atoms with E-state index < -0.39 is 5.41 Å². The van der Waals surface area contributed by atoms with E-state index in [9.17, 15) is 4.79 Å². The first-order valence-electron chi connectivity index (χ1n) is 7.89. The summed E-state index contributed by atoms with van der Waals surface area (Å²) in [6.07, 6.45) is 2.44. The monoisotopic (exact) mass is 305 g/mol. The lowest BCUT2D eigenvalue weighted by atomic mass is 9.88. The molecule has 122 valence electrons. The number of carbonyl (C=O) groups is 1. The summed E-state index contributed by atoms with van der Waals surface area (Å²) >= 11 is 0. The molecule has 1 amide bonds. The number of hydrogen-bond acceptors (Lipinski definition) is 3. The molecule has 0 radical (unpaired) electrons. The first kappa shape index (κ1) is 16.8. The summed E-state index contributed by atoms with van der Waals surface area (Å²) in [5, 5.41) is 12.1.